The van der Waals surface area contributed by atoms with Crippen molar-refractivity contribution in [3.05, 3.63) is 29.8 Å². The van der Waals surface area contributed by atoms with Gasteiger partial charge in [0, 0.05) is 18.8 Å². The molecule has 5 nitrogen and oxygen atoms in total. The van der Waals surface area contributed by atoms with Gasteiger partial charge in [-0.25, -0.2) is 4.79 Å². The van der Waals surface area contributed by atoms with Crippen LogP contribution in [0, 0.1) is 0 Å². The summed E-state index contributed by atoms with van der Waals surface area (Å²) in [7, 11) is 0. The van der Waals surface area contributed by atoms with Gasteiger partial charge in [0.15, 0.2) is 6.10 Å². The Balaban J connectivity index is 2.06. The third-order valence-electron chi connectivity index (χ3n) is 3.21. The second-order valence-electron chi connectivity index (χ2n) is 4.84. The third-order valence-corrected chi connectivity index (χ3v) is 3.21. The quantitative estimate of drug-likeness (QED) is 0.902. The molecule has 0 spiro atoms. The van der Waals surface area contributed by atoms with Crippen molar-refractivity contribution in [1.29, 1.82) is 0 Å². The fourth-order valence-electron chi connectivity index (χ4n) is 2.17. The Morgan fingerprint density at radius 1 is 1.27 bits per heavy atom. The van der Waals surface area contributed by atoms with Crippen molar-refractivity contribution in [2.24, 2.45) is 0 Å². The average molecular weight is 319 g/mol. The standard InChI is InChI=1S/C14H16F3NO4/c15-14(16,17)9-22-12(13(19)20)10-1-3-11(4-2-10)18-5-7-21-8-6-18/h1-4,12H,5-9H2,(H,19,20). The fraction of sp³-hybridized carbons (Fsp3) is 0.500. The van der Waals surface area contributed by atoms with E-state index in [-0.39, 0.29) is 5.56 Å². The maximum absolute atomic E-state index is 12.2. The second kappa shape index (κ2) is 6.97. The predicted octanol–water partition coefficient (Wildman–Crippen LogP) is 2.23. The summed E-state index contributed by atoms with van der Waals surface area (Å²) in [5.74, 6) is -1.46. The first kappa shape index (κ1) is 16.6. The summed E-state index contributed by atoms with van der Waals surface area (Å²) in [6, 6.07) is 6.29. The Kier molecular flexibility index (Phi) is 5.25. The van der Waals surface area contributed by atoms with E-state index < -0.39 is 24.9 Å². The lowest BCUT2D eigenvalue weighted by Crippen LogP contribution is -2.36. The van der Waals surface area contributed by atoms with Gasteiger partial charge in [0.2, 0.25) is 0 Å². The molecule has 2 rings (SSSR count). The number of aliphatic carboxylic acids is 1. The first-order valence-corrected chi connectivity index (χ1v) is 6.70. The molecular formula is C14H16F3NO4. The molecule has 1 aromatic carbocycles. The first-order chi connectivity index (χ1) is 10.4. The minimum atomic E-state index is -4.57. The highest BCUT2D eigenvalue weighted by Gasteiger charge is 2.32. The zero-order valence-corrected chi connectivity index (χ0v) is 11.7. The molecule has 1 fully saturated rings. The van der Waals surface area contributed by atoms with Crippen LogP contribution in [0.3, 0.4) is 0 Å². The Bertz CT molecular complexity index is 498. The molecule has 0 radical (unpaired) electrons. The second-order valence-corrected chi connectivity index (χ2v) is 4.84. The summed E-state index contributed by atoms with van der Waals surface area (Å²) in [6.07, 6.45) is -6.21. The largest absolute Gasteiger partial charge is 0.479 e. The molecule has 0 aliphatic carbocycles. The topological polar surface area (TPSA) is 59.0 Å². The number of halogens is 3. The maximum Gasteiger partial charge on any atom is 0.411 e. The molecule has 1 aliphatic heterocycles. The van der Waals surface area contributed by atoms with Gasteiger partial charge in [0.25, 0.3) is 0 Å². The molecule has 22 heavy (non-hydrogen) atoms. The van der Waals surface area contributed by atoms with Gasteiger partial charge >= 0.3 is 12.1 Å². The summed E-state index contributed by atoms with van der Waals surface area (Å²) in [6.45, 7) is 1.04. The van der Waals surface area contributed by atoms with E-state index in [1.165, 1.54) is 12.1 Å². The summed E-state index contributed by atoms with van der Waals surface area (Å²) in [5.41, 5.74) is 1.04. The lowest BCUT2D eigenvalue weighted by atomic mass is 10.1. The molecule has 1 aliphatic rings. The number of hydrogen-bond donors (Lipinski definition) is 1. The SMILES string of the molecule is O=C(O)C(OCC(F)(F)F)c1ccc(N2CCOCC2)cc1. The normalized spacial score (nSPS) is 17.3. The summed E-state index contributed by atoms with van der Waals surface area (Å²) < 4.78 is 46.2. The summed E-state index contributed by atoms with van der Waals surface area (Å²) >= 11 is 0. The third kappa shape index (κ3) is 4.60. The van der Waals surface area contributed by atoms with E-state index >= 15 is 0 Å². The van der Waals surface area contributed by atoms with Crippen molar-refractivity contribution in [1.82, 2.24) is 0 Å². The van der Waals surface area contributed by atoms with Crippen molar-refractivity contribution in [2.45, 2.75) is 12.3 Å². The highest BCUT2D eigenvalue weighted by Crippen LogP contribution is 2.25. The fourth-order valence-corrected chi connectivity index (χ4v) is 2.17. The zero-order chi connectivity index (χ0) is 16.2. The summed E-state index contributed by atoms with van der Waals surface area (Å²) in [4.78, 5) is 13.1. The minimum absolute atomic E-state index is 0.175. The molecule has 8 heteroatoms. The number of carboxylic acids is 1. The van der Waals surface area contributed by atoms with Crippen LogP contribution in [0.1, 0.15) is 11.7 Å². The van der Waals surface area contributed by atoms with E-state index in [0.717, 1.165) is 5.69 Å². The molecule has 1 unspecified atom stereocenters. The number of rotatable bonds is 5. The van der Waals surface area contributed by atoms with Crippen molar-refractivity contribution in [3.63, 3.8) is 0 Å². The highest BCUT2D eigenvalue weighted by molar-refractivity contribution is 5.74. The van der Waals surface area contributed by atoms with Gasteiger partial charge in [-0.3, -0.25) is 0 Å². The monoisotopic (exact) mass is 319 g/mol. The number of nitrogens with zero attached hydrogens (tertiary/aromatic N) is 1. The van der Waals surface area contributed by atoms with Crippen molar-refractivity contribution in [2.75, 3.05) is 37.8 Å². The van der Waals surface area contributed by atoms with E-state index in [4.69, 9.17) is 9.84 Å². The van der Waals surface area contributed by atoms with Gasteiger partial charge in [-0.2, -0.15) is 13.2 Å². The lowest BCUT2D eigenvalue weighted by Gasteiger charge is -2.29. The molecule has 1 atom stereocenters. The number of ether oxygens (including phenoxy) is 2. The van der Waals surface area contributed by atoms with Gasteiger partial charge in [0.1, 0.15) is 6.61 Å². The van der Waals surface area contributed by atoms with Crippen molar-refractivity contribution < 1.29 is 32.5 Å². The van der Waals surface area contributed by atoms with Crippen LogP contribution < -0.4 is 4.90 Å². The van der Waals surface area contributed by atoms with Gasteiger partial charge in [-0.1, -0.05) is 12.1 Å². The lowest BCUT2D eigenvalue weighted by molar-refractivity contribution is -0.193. The number of alkyl halides is 3. The van der Waals surface area contributed by atoms with Crippen LogP contribution in [-0.4, -0.2) is 50.2 Å². The van der Waals surface area contributed by atoms with E-state index in [9.17, 15) is 18.0 Å². The Morgan fingerprint density at radius 3 is 2.36 bits per heavy atom. The minimum Gasteiger partial charge on any atom is -0.479 e. The van der Waals surface area contributed by atoms with Crippen LogP contribution in [0.4, 0.5) is 18.9 Å². The van der Waals surface area contributed by atoms with E-state index in [1.54, 1.807) is 12.1 Å². The maximum atomic E-state index is 12.2. The first-order valence-electron chi connectivity index (χ1n) is 6.70. The van der Waals surface area contributed by atoms with Crippen molar-refractivity contribution in [3.8, 4) is 0 Å². The van der Waals surface area contributed by atoms with E-state index in [0.29, 0.717) is 26.3 Å². The van der Waals surface area contributed by atoms with E-state index in [1.807, 2.05) is 0 Å². The molecule has 1 aromatic rings. The van der Waals surface area contributed by atoms with Crippen LogP contribution >= 0.6 is 0 Å². The molecule has 0 amide bonds. The number of benzene rings is 1. The zero-order valence-electron chi connectivity index (χ0n) is 11.7. The molecule has 0 saturated carbocycles. The number of carboxylic acid groups (broad SMARTS) is 1. The van der Waals surface area contributed by atoms with E-state index in [2.05, 4.69) is 9.64 Å². The van der Waals surface area contributed by atoms with Gasteiger partial charge in [-0.15, -0.1) is 0 Å². The molecule has 0 aromatic heterocycles. The Labute approximate surface area is 125 Å². The molecule has 1 heterocycles. The van der Waals surface area contributed by atoms with Gasteiger partial charge < -0.3 is 19.5 Å². The molecule has 1 N–H and O–H groups in total. The van der Waals surface area contributed by atoms with Crippen LogP contribution in [0.5, 0.6) is 0 Å². The Morgan fingerprint density at radius 2 is 1.86 bits per heavy atom. The number of carbonyl (C=O) groups is 1. The number of anilines is 1. The van der Waals surface area contributed by atoms with Gasteiger partial charge in [-0.05, 0) is 17.7 Å². The number of morpholine rings is 1. The van der Waals surface area contributed by atoms with Crippen LogP contribution in [0.2, 0.25) is 0 Å². The van der Waals surface area contributed by atoms with Crippen LogP contribution in [-0.2, 0) is 14.3 Å². The molecular weight excluding hydrogens is 303 g/mol. The smallest absolute Gasteiger partial charge is 0.411 e. The van der Waals surface area contributed by atoms with Gasteiger partial charge in [0.05, 0.1) is 13.2 Å². The van der Waals surface area contributed by atoms with Crippen LogP contribution in [0.25, 0.3) is 0 Å². The average Bonchev–Trinajstić information content (AvgIpc) is 2.47. The summed E-state index contributed by atoms with van der Waals surface area (Å²) in [5, 5.41) is 9.02. The molecule has 0 bridgehead atoms. The Hall–Kier alpha value is -1.80. The molecule has 122 valence electrons. The van der Waals surface area contributed by atoms with Crippen molar-refractivity contribution >= 4 is 11.7 Å². The predicted molar refractivity (Wildman–Crippen MR) is 71.9 cm³/mol. The highest BCUT2D eigenvalue weighted by atomic mass is 19.4. The molecule has 1 saturated heterocycles. The van der Waals surface area contributed by atoms with Crippen LogP contribution in [0.15, 0.2) is 24.3 Å². The number of hydrogen-bond acceptors (Lipinski definition) is 4.